The molecule has 2 heterocycles. The third-order valence-electron chi connectivity index (χ3n) is 2.06. The van der Waals surface area contributed by atoms with Crippen LogP contribution in [0.25, 0.3) is 10.2 Å². The number of hydrogen-bond donors (Lipinski definition) is 1. The second-order valence-corrected chi connectivity index (χ2v) is 4.42. The number of nitrogens with zero attached hydrogens (tertiary/aromatic N) is 2. The second kappa shape index (κ2) is 3.58. The summed E-state index contributed by atoms with van der Waals surface area (Å²) in [6.07, 6.45) is 0. The van der Waals surface area contributed by atoms with Gasteiger partial charge in [-0.2, -0.15) is 0 Å². The molecule has 0 atom stereocenters. The summed E-state index contributed by atoms with van der Waals surface area (Å²) in [4.78, 5) is 20.1. The first kappa shape index (κ1) is 10.0. The average Bonchev–Trinajstić information content (AvgIpc) is 2.62. The van der Waals surface area contributed by atoms with Gasteiger partial charge in [0.1, 0.15) is 10.7 Å². The van der Waals surface area contributed by atoms with E-state index < -0.39 is 5.97 Å². The van der Waals surface area contributed by atoms with E-state index in [0.717, 1.165) is 4.83 Å². The SMILES string of the molecule is CC(C)c1nc(C(=O)O)c2ccsc2n1. The van der Waals surface area contributed by atoms with Crippen LogP contribution in [-0.4, -0.2) is 21.0 Å². The average molecular weight is 222 g/mol. The van der Waals surface area contributed by atoms with Crippen LogP contribution in [-0.2, 0) is 0 Å². The Hall–Kier alpha value is -1.49. The zero-order valence-electron chi connectivity index (χ0n) is 8.39. The second-order valence-electron chi connectivity index (χ2n) is 3.53. The molecule has 0 aliphatic rings. The van der Waals surface area contributed by atoms with Gasteiger partial charge >= 0.3 is 5.97 Å². The monoisotopic (exact) mass is 222 g/mol. The maximum atomic E-state index is 11.0. The fraction of sp³-hybridized carbons (Fsp3) is 0.300. The molecular formula is C10H10N2O2S. The Morgan fingerprint density at radius 3 is 2.80 bits per heavy atom. The molecule has 0 aliphatic carbocycles. The largest absolute Gasteiger partial charge is 0.476 e. The van der Waals surface area contributed by atoms with Crippen molar-refractivity contribution in [1.29, 1.82) is 0 Å². The molecule has 0 fully saturated rings. The van der Waals surface area contributed by atoms with Crippen LogP contribution < -0.4 is 0 Å². The molecule has 15 heavy (non-hydrogen) atoms. The molecule has 2 aromatic heterocycles. The molecule has 0 spiro atoms. The molecular weight excluding hydrogens is 212 g/mol. The molecule has 0 saturated heterocycles. The highest BCUT2D eigenvalue weighted by atomic mass is 32.1. The van der Waals surface area contributed by atoms with Crippen LogP contribution in [0, 0.1) is 0 Å². The molecule has 0 unspecified atom stereocenters. The van der Waals surface area contributed by atoms with Gasteiger partial charge in [0.2, 0.25) is 0 Å². The maximum absolute atomic E-state index is 11.0. The Kier molecular flexibility index (Phi) is 2.40. The van der Waals surface area contributed by atoms with E-state index in [-0.39, 0.29) is 11.6 Å². The topological polar surface area (TPSA) is 63.1 Å². The number of hydrogen-bond acceptors (Lipinski definition) is 4. The Balaban J connectivity index is 2.74. The lowest BCUT2D eigenvalue weighted by atomic mass is 10.2. The molecule has 5 heteroatoms. The molecule has 78 valence electrons. The van der Waals surface area contributed by atoms with Crippen LogP contribution in [0.15, 0.2) is 11.4 Å². The van der Waals surface area contributed by atoms with Gasteiger partial charge in [0.15, 0.2) is 5.69 Å². The minimum atomic E-state index is -0.997. The molecule has 2 rings (SSSR count). The lowest BCUT2D eigenvalue weighted by Crippen LogP contribution is -2.06. The van der Waals surface area contributed by atoms with Gasteiger partial charge in [0, 0.05) is 11.3 Å². The van der Waals surface area contributed by atoms with Crippen molar-refractivity contribution in [3.63, 3.8) is 0 Å². The van der Waals surface area contributed by atoms with E-state index in [0.29, 0.717) is 11.2 Å². The van der Waals surface area contributed by atoms with Gasteiger partial charge in [-0.3, -0.25) is 0 Å². The first-order chi connectivity index (χ1) is 7.09. The fourth-order valence-corrected chi connectivity index (χ4v) is 2.06. The summed E-state index contributed by atoms with van der Waals surface area (Å²) in [6, 6.07) is 1.74. The van der Waals surface area contributed by atoms with Crippen LogP contribution in [0.5, 0.6) is 0 Å². The summed E-state index contributed by atoms with van der Waals surface area (Å²) in [6.45, 7) is 3.89. The van der Waals surface area contributed by atoms with Gasteiger partial charge in [0.25, 0.3) is 0 Å². The maximum Gasteiger partial charge on any atom is 0.355 e. The van der Waals surface area contributed by atoms with E-state index in [9.17, 15) is 4.79 Å². The highest BCUT2D eigenvalue weighted by molar-refractivity contribution is 7.16. The lowest BCUT2D eigenvalue weighted by molar-refractivity contribution is 0.0692. The van der Waals surface area contributed by atoms with Crippen molar-refractivity contribution in [2.24, 2.45) is 0 Å². The van der Waals surface area contributed by atoms with Gasteiger partial charge in [-0.15, -0.1) is 11.3 Å². The molecule has 0 amide bonds. The summed E-state index contributed by atoms with van der Waals surface area (Å²) in [5.74, 6) is -0.278. The molecule has 1 N–H and O–H groups in total. The van der Waals surface area contributed by atoms with Crippen molar-refractivity contribution in [3.8, 4) is 0 Å². The number of aromatic nitrogens is 2. The number of rotatable bonds is 2. The summed E-state index contributed by atoms with van der Waals surface area (Å²) in [7, 11) is 0. The van der Waals surface area contributed by atoms with Crippen molar-refractivity contribution < 1.29 is 9.90 Å². The van der Waals surface area contributed by atoms with Crippen molar-refractivity contribution >= 4 is 27.5 Å². The predicted octanol–water partition coefficient (Wildman–Crippen LogP) is 2.51. The number of carboxylic acids is 1. The van der Waals surface area contributed by atoms with Gasteiger partial charge in [-0.25, -0.2) is 14.8 Å². The summed E-state index contributed by atoms with van der Waals surface area (Å²) in [5.41, 5.74) is 0.102. The van der Waals surface area contributed by atoms with Crippen LogP contribution in [0.1, 0.15) is 36.1 Å². The van der Waals surface area contributed by atoms with Gasteiger partial charge < -0.3 is 5.11 Å². The van der Waals surface area contributed by atoms with Crippen LogP contribution in [0.2, 0.25) is 0 Å². The Bertz CT molecular complexity index is 519. The normalized spacial score (nSPS) is 11.1. The molecule has 0 aromatic carbocycles. The quantitative estimate of drug-likeness (QED) is 0.848. The predicted molar refractivity (Wildman–Crippen MR) is 58.5 cm³/mol. The third kappa shape index (κ3) is 1.70. The summed E-state index contributed by atoms with van der Waals surface area (Å²) in [5, 5.41) is 11.5. The number of carboxylic acid groups (broad SMARTS) is 1. The smallest absolute Gasteiger partial charge is 0.355 e. The standard InChI is InChI=1S/C10H10N2O2S/c1-5(2)8-11-7(10(13)14)6-3-4-15-9(6)12-8/h3-5H,1-2H3,(H,13,14). The van der Waals surface area contributed by atoms with Gasteiger partial charge in [0.05, 0.1) is 0 Å². The summed E-state index contributed by atoms with van der Waals surface area (Å²) < 4.78 is 0. The molecule has 0 saturated carbocycles. The van der Waals surface area contributed by atoms with Crippen LogP contribution in [0.3, 0.4) is 0 Å². The van der Waals surface area contributed by atoms with Crippen molar-refractivity contribution in [2.75, 3.05) is 0 Å². The first-order valence-electron chi connectivity index (χ1n) is 4.58. The van der Waals surface area contributed by atoms with E-state index in [1.807, 2.05) is 19.2 Å². The van der Waals surface area contributed by atoms with Gasteiger partial charge in [-0.05, 0) is 11.4 Å². The summed E-state index contributed by atoms with van der Waals surface area (Å²) >= 11 is 1.44. The highest BCUT2D eigenvalue weighted by Crippen LogP contribution is 2.23. The van der Waals surface area contributed by atoms with E-state index in [2.05, 4.69) is 9.97 Å². The van der Waals surface area contributed by atoms with Crippen LogP contribution >= 0.6 is 11.3 Å². The Labute approximate surface area is 90.6 Å². The molecule has 0 aliphatic heterocycles. The number of carbonyl (C=O) groups is 1. The van der Waals surface area contributed by atoms with E-state index in [1.54, 1.807) is 6.07 Å². The van der Waals surface area contributed by atoms with Crippen molar-refractivity contribution in [1.82, 2.24) is 9.97 Å². The Morgan fingerprint density at radius 2 is 2.20 bits per heavy atom. The number of aromatic carboxylic acids is 1. The third-order valence-corrected chi connectivity index (χ3v) is 2.87. The zero-order valence-corrected chi connectivity index (χ0v) is 9.21. The lowest BCUT2D eigenvalue weighted by Gasteiger charge is -2.04. The minimum Gasteiger partial charge on any atom is -0.476 e. The van der Waals surface area contributed by atoms with Crippen molar-refractivity contribution in [2.45, 2.75) is 19.8 Å². The fourth-order valence-electron chi connectivity index (χ4n) is 1.29. The number of fused-ring (bicyclic) bond motifs is 1. The molecule has 4 nitrogen and oxygen atoms in total. The van der Waals surface area contributed by atoms with Gasteiger partial charge in [-0.1, -0.05) is 13.8 Å². The minimum absolute atomic E-state index is 0.102. The Morgan fingerprint density at radius 1 is 1.47 bits per heavy atom. The van der Waals surface area contributed by atoms with E-state index >= 15 is 0 Å². The van der Waals surface area contributed by atoms with Crippen LogP contribution in [0.4, 0.5) is 0 Å². The van der Waals surface area contributed by atoms with E-state index in [4.69, 9.17) is 5.11 Å². The number of thiophene rings is 1. The zero-order chi connectivity index (χ0) is 11.0. The van der Waals surface area contributed by atoms with E-state index in [1.165, 1.54) is 11.3 Å². The molecule has 0 radical (unpaired) electrons. The first-order valence-corrected chi connectivity index (χ1v) is 5.46. The molecule has 2 aromatic rings. The highest BCUT2D eigenvalue weighted by Gasteiger charge is 2.15. The van der Waals surface area contributed by atoms with Crippen molar-refractivity contribution in [3.05, 3.63) is 23.0 Å². The molecule has 0 bridgehead atoms.